The van der Waals surface area contributed by atoms with Gasteiger partial charge in [0.15, 0.2) is 6.29 Å². The van der Waals surface area contributed by atoms with Crippen molar-refractivity contribution in [2.24, 2.45) is 45.3 Å². The second-order valence-corrected chi connectivity index (χ2v) is 17.9. The molecular weight excluding hydrogens is 556 g/mol. The third kappa shape index (κ3) is 4.25. The molecule has 8 heteroatoms. The average Bonchev–Trinajstić information content (AvgIpc) is 3.27. The van der Waals surface area contributed by atoms with E-state index in [0.717, 1.165) is 51.1 Å². The van der Waals surface area contributed by atoms with Crippen molar-refractivity contribution in [3.63, 3.8) is 0 Å². The number of hydrogen-bond donors (Lipinski definition) is 3. The van der Waals surface area contributed by atoms with Crippen LogP contribution in [-0.2, 0) is 19.0 Å². The maximum atomic E-state index is 12.4. The molecule has 5 saturated carbocycles. The Morgan fingerprint density at radius 3 is 2.55 bits per heavy atom. The molecule has 0 aromatic carbocycles. The minimum Gasteiger partial charge on any atom is -0.388 e. The lowest BCUT2D eigenvalue weighted by Gasteiger charge is -2.60. The van der Waals surface area contributed by atoms with Crippen molar-refractivity contribution in [2.45, 2.75) is 148 Å². The van der Waals surface area contributed by atoms with Gasteiger partial charge in [0.25, 0.3) is 0 Å². The van der Waals surface area contributed by atoms with Gasteiger partial charge in [0, 0.05) is 13.1 Å². The molecule has 0 bridgehead atoms. The summed E-state index contributed by atoms with van der Waals surface area (Å²) < 4.78 is 19.7. The van der Waals surface area contributed by atoms with Gasteiger partial charge in [-0.2, -0.15) is 0 Å². The molecule has 0 aromatic heterocycles. The van der Waals surface area contributed by atoms with Crippen molar-refractivity contribution < 1.29 is 29.2 Å². The van der Waals surface area contributed by atoms with Crippen LogP contribution >= 0.6 is 0 Å². The highest BCUT2D eigenvalue weighted by Gasteiger charge is 2.80. The number of carbonyl (C=O) groups is 1. The lowest BCUT2D eigenvalue weighted by atomic mass is 9.46. The Hall–Kier alpha value is -0.770. The van der Waals surface area contributed by atoms with Crippen LogP contribution in [0.4, 0.5) is 0 Å². The molecule has 248 valence electrons. The van der Waals surface area contributed by atoms with Gasteiger partial charge in [-0.05, 0) is 130 Å². The SMILES string of the molecule is CC12CC[C@@]34CC35CC[C@H](OC3CN([C@H]6CCNC6=O)CCO3)C(C)(C)C5CCC4C1CC1OC([C@H](O)C(C)(C)O)CCC12. The van der Waals surface area contributed by atoms with Crippen molar-refractivity contribution >= 4 is 5.91 Å². The van der Waals surface area contributed by atoms with Gasteiger partial charge in [-0.3, -0.25) is 9.69 Å². The van der Waals surface area contributed by atoms with Crippen LogP contribution < -0.4 is 5.32 Å². The van der Waals surface area contributed by atoms with Crippen LogP contribution in [-0.4, -0.2) is 89.6 Å². The molecule has 3 heterocycles. The van der Waals surface area contributed by atoms with Crippen molar-refractivity contribution in [1.82, 2.24) is 10.2 Å². The van der Waals surface area contributed by atoms with Crippen molar-refractivity contribution in [3.8, 4) is 0 Å². The largest absolute Gasteiger partial charge is 0.388 e. The van der Waals surface area contributed by atoms with Gasteiger partial charge in [-0.25, -0.2) is 0 Å². The van der Waals surface area contributed by atoms with E-state index in [1.165, 1.54) is 38.5 Å². The number of ether oxygens (including phenoxy) is 3. The molecule has 2 spiro atoms. The Labute approximate surface area is 264 Å². The number of aliphatic hydroxyl groups excluding tert-OH is 1. The summed E-state index contributed by atoms with van der Waals surface area (Å²) in [5.74, 6) is 2.90. The van der Waals surface area contributed by atoms with E-state index in [9.17, 15) is 15.0 Å². The maximum Gasteiger partial charge on any atom is 0.237 e. The van der Waals surface area contributed by atoms with Crippen LogP contribution in [0.25, 0.3) is 0 Å². The Balaban J connectivity index is 0.962. The Kier molecular flexibility index (Phi) is 7.03. The number of hydrogen-bond acceptors (Lipinski definition) is 7. The van der Waals surface area contributed by atoms with Gasteiger partial charge in [-0.15, -0.1) is 0 Å². The molecule has 3 saturated heterocycles. The second-order valence-electron chi connectivity index (χ2n) is 17.9. The lowest BCUT2D eigenvalue weighted by Crippen LogP contribution is -2.57. The molecule has 0 radical (unpaired) electrons. The first kappa shape index (κ1) is 30.6. The minimum atomic E-state index is -1.14. The van der Waals surface area contributed by atoms with Crippen LogP contribution in [0, 0.1) is 45.3 Å². The third-order valence-corrected chi connectivity index (χ3v) is 15.5. The molecular formula is C36H58N2O6. The molecule has 44 heavy (non-hydrogen) atoms. The number of nitrogens with zero attached hydrogens (tertiary/aromatic N) is 1. The molecule has 13 atom stereocenters. The zero-order valence-electron chi connectivity index (χ0n) is 27.9. The Morgan fingerprint density at radius 2 is 1.80 bits per heavy atom. The van der Waals surface area contributed by atoms with Gasteiger partial charge in [0.2, 0.25) is 5.91 Å². The molecule has 1 amide bonds. The fraction of sp³-hybridized carbons (Fsp3) is 0.972. The third-order valence-electron chi connectivity index (χ3n) is 15.5. The molecule has 8 fully saturated rings. The molecule has 0 aromatic rings. The number of amides is 1. The summed E-state index contributed by atoms with van der Waals surface area (Å²) >= 11 is 0. The van der Waals surface area contributed by atoms with Gasteiger partial charge in [0.1, 0.15) is 6.10 Å². The molecule has 9 unspecified atom stereocenters. The molecule has 3 aliphatic heterocycles. The van der Waals surface area contributed by atoms with Crippen molar-refractivity contribution in [1.29, 1.82) is 0 Å². The number of morpholine rings is 1. The van der Waals surface area contributed by atoms with Crippen LogP contribution in [0.5, 0.6) is 0 Å². The van der Waals surface area contributed by atoms with Gasteiger partial charge >= 0.3 is 0 Å². The monoisotopic (exact) mass is 614 g/mol. The predicted molar refractivity (Wildman–Crippen MR) is 165 cm³/mol. The van der Waals surface area contributed by atoms with Gasteiger partial charge in [-0.1, -0.05) is 20.8 Å². The normalized spacial score (nSPS) is 52.2. The Bertz CT molecular complexity index is 1160. The smallest absolute Gasteiger partial charge is 0.237 e. The zero-order valence-corrected chi connectivity index (χ0v) is 27.9. The average molecular weight is 615 g/mol. The first-order valence-electron chi connectivity index (χ1n) is 18.1. The molecule has 8 rings (SSSR count). The highest BCUT2D eigenvalue weighted by atomic mass is 16.7. The highest BCUT2D eigenvalue weighted by molar-refractivity contribution is 5.83. The standard InChI is InChI=1S/C36H58N2O6/c1-32(2)27-9-7-21-23-18-26-22(6-8-25(43-26)30(39)33(3,4)41)34(23,5)13-14-35(21)20-36(27,35)12-10-28(32)44-29-19-38(16-17-42-29)24-11-15-37-31(24)40/h21-30,39,41H,6-20H2,1-5H3,(H,37,40)/t21?,22?,23?,24-,25?,26?,27?,28-,29?,30-,34?,35-,36?/m0/s1. The summed E-state index contributed by atoms with van der Waals surface area (Å²) in [6.45, 7) is 13.8. The van der Waals surface area contributed by atoms with Crippen molar-refractivity contribution in [2.75, 3.05) is 26.2 Å². The van der Waals surface area contributed by atoms with Gasteiger partial charge in [0.05, 0.1) is 43.1 Å². The summed E-state index contributed by atoms with van der Waals surface area (Å²) in [5, 5.41) is 24.3. The molecule has 8 nitrogen and oxygen atoms in total. The number of rotatable bonds is 5. The molecule has 5 aliphatic carbocycles. The van der Waals surface area contributed by atoms with Crippen LogP contribution in [0.15, 0.2) is 0 Å². The van der Waals surface area contributed by atoms with E-state index in [1.807, 2.05) is 0 Å². The molecule has 8 aliphatic rings. The summed E-state index contributed by atoms with van der Waals surface area (Å²) in [6.07, 6.45) is 12.1. The van der Waals surface area contributed by atoms with E-state index >= 15 is 0 Å². The van der Waals surface area contributed by atoms with Gasteiger partial charge < -0.3 is 29.7 Å². The summed E-state index contributed by atoms with van der Waals surface area (Å²) in [7, 11) is 0. The first-order chi connectivity index (χ1) is 20.8. The maximum absolute atomic E-state index is 12.4. The number of carbonyl (C=O) groups excluding carboxylic acids is 1. The topological polar surface area (TPSA) is 100 Å². The Morgan fingerprint density at radius 1 is 1.00 bits per heavy atom. The van der Waals surface area contributed by atoms with E-state index in [4.69, 9.17) is 14.2 Å². The number of fused-ring (bicyclic) bond motifs is 4. The van der Waals surface area contributed by atoms with E-state index in [1.54, 1.807) is 13.8 Å². The highest BCUT2D eigenvalue weighted by Crippen LogP contribution is 2.87. The van der Waals surface area contributed by atoms with Crippen LogP contribution in [0.1, 0.15) is 105 Å². The summed E-state index contributed by atoms with van der Waals surface area (Å²) in [4.78, 5) is 14.6. The fourth-order valence-corrected chi connectivity index (χ4v) is 13.3. The summed E-state index contributed by atoms with van der Waals surface area (Å²) in [5.41, 5.74) is 0.223. The minimum absolute atomic E-state index is 0.0338. The van der Waals surface area contributed by atoms with Crippen molar-refractivity contribution in [3.05, 3.63) is 0 Å². The fourth-order valence-electron chi connectivity index (χ4n) is 13.3. The van der Waals surface area contributed by atoms with E-state index < -0.39 is 11.7 Å². The second kappa shape index (κ2) is 10.1. The van der Waals surface area contributed by atoms with E-state index in [2.05, 4.69) is 31.0 Å². The van der Waals surface area contributed by atoms with Crippen LogP contribution in [0.2, 0.25) is 0 Å². The molecule has 3 N–H and O–H groups in total. The number of nitrogens with one attached hydrogen (secondary N) is 1. The van der Waals surface area contributed by atoms with E-state index in [-0.39, 0.29) is 42.0 Å². The zero-order chi connectivity index (χ0) is 30.9. The summed E-state index contributed by atoms with van der Waals surface area (Å²) in [6, 6.07) is -0.0338. The van der Waals surface area contributed by atoms with E-state index in [0.29, 0.717) is 47.2 Å². The first-order valence-corrected chi connectivity index (χ1v) is 18.1. The quantitative estimate of drug-likeness (QED) is 0.426. The number of aliphatic hydroxyl groups is 2. The van der Waals surface area contributed by atoms with Crippen LogP contribution in [0.3, 0.4) is 0 Å². The predicted octanol–water partition coefficient (Wildman–Crippen LogP) is 4.26. The lowest BCUT2D eigenvalue weighted by molar-refractivity contribution is -0.247.